The van der Waals surface area contributed by atoms with E-state index in [2.05, 4.69) is 15.4 Å². The van der Waals surface area contributed by atoms with Gasteiger partial charge < -0.3 is 19.5 Å². The maximum atomic E-state index is 12.7. The Balaban J connectivity index is 2.10. The smallest absolute Gasteiger partial charge is 0.338 e. The number of aromatic nitrogens is 3. The third-order valence-corrected chi connectivity index (χ3v) is 4.17. The van der Waals surface area contributed by atoms with E-state index in [-0.39, 0.29) is 5.97 Å². The van der Waals surface area contributed by atoms with Crippen molar-refractivity contribution in [3.8, 4) is 11.5 Å². The van der Waals surface area contributed by atoms with Crippen molar-refractivity contribution < 1.29 is 19.0 Å². The second-order valence-electron chi connectivity index (χ2n) is 5.84. The lowest BCUT2D eigenvalue weighted by molar-refractivity contribution is -0.139. The van der Waals surface area contributed by atoms with Gasteiger partial charge in [0.15, 0.2) is 11.5 Å². The molecule has 0 saturated carbocycles. The van der Waals surface area contributed by atoms with Gasteiger partial charge >= 0.3 is 5.97 Å². The molecule has 0 radical (unpaired) electrons. The summed E-state index contributed by atoms with van der Waals surface area (Å²) in [5, 5.41) is 7.40. The van der Waals surface area contributed by atoms with E-state index in [9.17, 15) is 4.79 Å². The number of nitrogens with one attached hydrogen (secondary N) is 1. The molecular formula is C18H22N4O4. The van der Waals surface area contributed by atoms with Crippen molar-refractivity contribution in [2.75, 3.05) is 26.1 Å². The van der Waals surface area contributed by atoms with E-state index in [0.29, 0.717) is 35.3 Å². The SMILES string of the molecule is CCCOC(=O)C1=C(C)Nc2ncnn2C1c1ccc(OC)c(OC)c1. The quantitative estimate of drug-likeness (QED) is 0.794. The van der Waals surface area contributed by atoms with Crippen LogP contribution in [0.2, 0.25) is 0 Å². The van der Waals surface area contributed by atoms with Gasteiger partial charge in [-0.25, -0.2) is 9.48 Å². The van der Waals surface area contributed by atoms with Crippen molar-refractivity contribution in [1.82, 2.24) is 14.8 Å². The Morgan fingerprint density at radius 3 is 2.73 bits per heavy atom. The molecule has 0 fully saturated rings. The highest BCUT2D eigenvalue weighted by molar-refractivity contribution is 5.92. The van der Waals surface area contributed by atoms with Crippen LogP contribution in [0.3, 0.4) is 0 Å². The molecule has 0 amide bonds. The summed E-state index contributed by atoms with van der Waals surface area (Å²) in [4.78, 5) is 16.9. The molecule has 138 valence electrons. The molecule has 3 rings (SSSR count). The lowest BCUT2D eigenvalue weighted by Gasteiger charge is -2.28. The highest BCUT2D eigenvalue weighted by atomic mass is 16.5. The van der Waals surface area contributed by atoms with Gasteiger partial charge in [0, 0.05) is 5.70 Å². The van der Waals surface area contributed by atoms with E-state index < -0.39 is 6.04 Å². The Morgan fingerprint density at radius 1 is 1.27 bits per heavy atom. The number of methoxy groups -OCH3 is 2. The Hall–Kier alpha value is -3.03. The van der Waals surface area contributed by atoms with E-state index in [1.54, 1.807) is 25.0 Å². The number of rotatable bonds is 6. The molecule has 2 aromatic rings. The average Bonchev–Trinajstić information content (AvgIpc) is 3.12. The first kappa shape index (κ1) is 17.8. The van der Waals surface area contributed by atoms with E-state index in [1.807, 2.05) is 26.0 Å². The summed E-state index contributed by atoms with van der Waals surface area (Å²) in [5.41, 5.74) is 1.99. The van der Waals surface area contributed by atoms with Gasteiger partial charge in [0.1, 0.15) is 12.4 Å². The van der Waals surface area contributed by atoms with Crippen molar-refractivity contribution >= 4 is 11.9 Å². The summed E-state index contributed by atoms with van der Waals surface area (Å²) in [6, 6.07) is 5.04. The van der Waals surface area contributed by atoms with Crippen LogP contribution in [0.1, 0.15) is 31.9 Å². The molecule has 8 heteroatoms. The van der Waals surface area contributed by atoms with Crippen molar-refractivity contribution in [2.24, 2.45) is 0 Å². The van der Waals surface area contributed by atoms with Gasteiger partial charge in [-0.15, -0.1) is 0 Å². The fourth-order valence-electron chi connectivity index (χ4n) is 2.96. The number of ether oxygens (including phenoxy) is 3. The minimum Gasteiger partial charge on any atom is -0.493 e. The first-order valence-electron chi connectivity index (χ1n) is 8.37. The molecule has 8 nitrogen and oxygen atoms in total. The molecule has 26 heavy (non-hydrogen) atoms. The molecule has 1 unspecified atom stereocenters. The lowest BCUT2D eigenvalue weighted by atomic mass is 9.95. The molecule has 1 aromatic carbocycles. The van der Waals surface area contributed by atoms with E-state index in [4.69, 9.17) is 14.2 Å². The van der Waals surface area contributed by atoms with E-state index in [0.717, 1.165) is 12.0 Å². The van der Waals surface area contributed by atoms with Gasteiger partial charge in [0.25, 0.3) is 0 Å². The third-order valence-electron chi connectivity index (χ3n) is 4.17. The Bertz CT molecular complexity index is 843. The van der Waals surface area contributed by atoms with Gasteiger partial charge in [-0.2, -0.15) is 10.1 Å². The van der Waals surface area contributed by atoms with Gasteiger partial charge in [-0.1, -0.05) is 13.0 Å². The van der Waals surface area contributed by atoms with Crippen LogP contribution in [0.4, 0.5) is 5.95 Å². The molecule has 2 heterocycles. The van der Waals surface area contributed by atoms with Crippen LogP contribution in [0.15, 0.2) is 35.8 Å². The van der Waals surface area contributed by atoms with E-state index in [1.165, 1.54) is 6.33 Å². The maximum absolute atomic E-state index is 12.7. The van der Waals surface area contributed by atoms with Crippen LogP contribution in [0.25, 0.3) is 0 Å². The molecule has 0 saturated heterocycles. The number of nitrogens with zero attached hydrogens (tertiary/aromatic N) is 3. The second-order valence-corrected chi connectivity index (χ2v) is 5.84. The molecule has 0 bridgehead atoms. The molecule has 0 spiro atoms. The molecule has 1 atom stereocenters. The fourth-order valence-corrected chi connectivity index (χ4v) is 2.96. The Morgan fingerprint density at radius 2 is 2.04 bits per heavy atom. The number of carbonyl (C=O) groups excluding carboxylic acids is 1. The van der Waals surface area contributed by atoms with Crippen LogP contribution >= 0.6 is 0 Å². The summed E-state index contributed by atoms with van der Waals surface area (Å²) in [7, 11) is 3.15. The first-order chi connectivity index (χ1) is 12.6. The van der Waals surface area contributed by atoms with E-state index >= 15 is 0 Å². The number of hydrogen-bond acceptors (Lipinski definition) is 7. The number of hydrogen-bond donors (Lipinski definition) is 1. The summed E-state index contributed by atoms with van der Waals surface area (Å²) in [6.07, 6.45) is 2.20. The fraction of sp³-hybridized carbons (Fsp3) is 0.389. The highest BCUT2D eigenvalue weighted by Gasteiger charge is 2.34. The second kappa shape index (κ2) is 7.47. The summed E-state index contributed by atoms with van der Waals surface area (Å²) in [5.74, 6) is 1.37. The first-order valence-corrected chi connectivity index (χ1v) is 8.37. The molecule has 1 aromatic heterocycles. The zero-order valence-electron chi connectivity index (χ0n) is 15.3. The summed E-state index contributed by atoms with van der Waals surface area (Å²) in [6.45, 7) is 4.14. The van der Waals surface area contributed by atoms with Gasteiger partial charge in [0.05, 0.1) is 26.4 Å². The normalized spacial score (nSPS) is 15.9. The standard InChI is InChI=1S/C18H22N4O4/c1-5-8-26-17(23)15-11(2)21-18-19-10-20-22(18)16(15)12-6-7-13(24-3)14(9-12)25-4/h6-7,9-10,16H,5,8H2,1-4H3,(H,19,20,21). The van der Waals surface area contributed by atoms with Crippen LogP contribution in [-0.2, 0) is 9.53 Å². The minimum absolute atomic E-state index is 0.360. The third kappa shape index (κ3) is 3.10. The number of allylic oxidation sites excluding steroid dienone is 1. The zero-order valence-corrected chi connectivity index (χ0v) is 15.3. The zero-order chi connectivity index (χ0) is 18.7. The van der Waals surface area contributed by atoms with Crippen LogP contribution in [0.5, 0.6) is 11.5 Å². The van der Waals surface area contributed by atoms with Crippen molar-refractivity contribution in [1.29, 1.82) is 0 Å². The highest BCUT2D eigenvalue weighted by Crippen LogP contribution is 2.38. The molecule has 1 aliphatic rings. The number of fused-ring (bicyclic) bond motifs is 1. The largest absolute Gasteiger partial charge is 0.493 e. The van der Waals surface area contributed by atoms with Gasteiger partial charge in [-0.3, -0.25) is 0 Å². The maximum Gasteiger partial charge on any atom is 0.338 e. The summed E-state index contributed by atoms with van der Waals surface area (Å²) < 4.78 is 17.8. The predicted octanol–water partition coefficient (Wildman–Crippen LogP) is 2.54. The topological polar surface area (TPSA) is 87.5 Å². The lowest BCUT2D eigenvalue weighted by Crippen LogP contribution is -2.29. The molecule has 0 aliphatic carbocycles. The predicted molar refractivity (Wildman–Crippen MR) is 95.3 cm³/mol. The number of esters is 1. The molecular weight excluding hydrogens is 336 g/mol. The van der Waals surface area contributed by atoms with Crippen LogP contribution in [0, 0.1) is 0 Å². The van der Waals surface area contributed by atoms with Crippen LogP contribution < -0.4 is 14.8 Å². The van der Waals surface area contributed by atoms with Gasteiger partial charge in [-0.05, 0) is 31.0 Å². The Labute approximate surface area is 151 Å². The van der Waals surface area contributed by atoms with Crippen molar-refractivity contribution in [2.45, 2.75) is 26.3 Å². The average molecular weight is 358 g/mol. The van der Waals surface area contributed by atoms with Crippen molar-refractivity contribution in [3.63, 3.8) is 0 Å². The molecule has 1 N–H and O–H groups in total. The minimum atomic E-state index is -0.474. The van der Waals surface area contributed by atoms with Crippen LogP contribution in [-0.4, -0.2) is 41.6 Å². The number of anilines is 1. The summed E-state index contributed by atoms with van der Waals surface area (Å²) >= 11 is 0. The number of carbonyl (C=O) groups is 1. The van der Waals surface area contributed by atoms with Crippen molar-refractivity contribution in [3.05, 3.63) is 41.4 Å². The number of benzene rings is 1. The molecule has 1 aliphatic heterocycles. The monoisotopic (exact) mass is 358 g/mol. The Kier molecular flexibility index (Phi) is 5.11. The van der Waals surface area contributed by atoms with Gasteiger partial charge in [0.2, 0.25) is 5.95 Å².